The van der Waals surface area contributed by atoms with E-state index in [0.29, 0.717) is 5.66 Å². The Kier molecular flexibility index (Phi) is 3.84. The summed E-state index contributed by atoms with van der Waals surface area (Å²) < 4.78 is 8.73. The van der Waals surface area contributed by atoms with Crippen LogP contribution in [0.3, 0.4) is 0 Å². The van der Waals surface area contributed by atoms with Crippen molar-refractivity contribution in [3.8, 4) is 0 Å². The molecular formula is C10H11N2PS2. The molecule has 78 valence electrons. The van der Waals surface area contributed by atoms with E-state index in [4.69, 9.17) is 0 Å². The van der Waals surface area contributed by atoms with Gasteiger partial charge in [0.2, 0.25) is 0 Å². The van der Waals surface area contributed by atoms with Gasteiger partial charge in [-0.3, -0.25) is 0 Å². The van der Waals surface area contributed by atoms with Crippen molar-refractivity contribution in [1.29, 1.82) is 0 Å². The van der Waals surface area contributed by atoms with E-state index in [-0.39, 0.29) is 0 Å². The SMILES string of the molecule is CC1=NSC(C2=CC=PC(C)C=C2)=NS1. The summed E-state index contributed by atoms with van der Waals surface area (Å²) in [5, 5.41) is 2.01. The number of hydrogen-bond acceptors (Lipinski definition) is 4. The first-order valence-electron chi connectivity index (χ1n) is 4.64. The lowest BCUT2D eigenvalue weighted by molar-refractivity contribution is 1.25. The van der Waals surface area contributed by atoms with Crippen LogP contribution in [0.4, 0.5) is 0 Å². The minimum atomic E-state index is 0.589. The maximum absolute atomic E-state index is 4.42. The minimum Gasteiger partial charge on any atom is -0.206 e. The van der Waals surface area contributed by atoms with Crippen LogP contribution in [0.2, 0.25) is 0 Å². The summed E-state index contributed by atoms with van der Waals surface area (Å²) in [6, 6.07) is 0. The molecule has 0 radical (unpaired) electrons. The fourth-order valence-corrected chi connectivity index (χ4v) is 3.07. The van der Waals surface area contributed by atoms with Crippen molar-refractivity contribution >= 4 is 48.0 Å². The van der Waals surface area contributed by atoms with Gasteiger partial charge in [-0.25, -0.2) is 8.80 Å². The molecule has 5 heteroatoms. The molecule has 0 aromatic carbocycles. The molecule has 2 nitrogen and oxygen atoms in total. The highest BCUT2D eigenvalue weighted by molar-refractivity contribution is 8.20. The second-order valence-corrected chi connectivity index (χ2v) is 6.33. The zero-order valence-electron chi connectivity index (χ0n) is 8.54. The van der Waals surface area contributed by atoms with Crippen LogP contribution in [0, 0.1) is 0 Å². The van der Waals surface area contributed by atoms with Crippen LogP contribution < -0.4 is 0 Å². The van der Waals surface area contributed by atoms with Gasteiger partial charge in [0.05, 0.1) is 0 Å². The zero-order valence-corrected chi connectivity index (χ0v) is 11.1. The quantitative estimate of drug-likeness (QED) is 0.526. The van der Waals surface area contributed by atoms with Crippen molar-refractivity contribution in [2.75, 3.05) is 0 Å². The highest BCUT2D eigenvalue weighted by atomic mass is 32.2. The highest BCUT2D eigenvalue weighted by Crippen LogP contribution is 2.27. The van der Waals surface area contributed by atoms with Crippen molar-refractivity contribution in [2.24, 2.45) is 8.80 Å². The van der Waals surface area contributed by atoms with E-state index < -0.39 is 0 Å². The van der Waals surface area contributed by atoms with Gasteiger partial charge in [0.25, 0.3) is 0 Å². The monoisotopic (exact) mass is 254 g/mol. The number of rotatable bonds is 1. The van der Waals surface area contributed by atoms with Crippen LogP contribution in [0.1, 0.15) is 13.8 Å². The van der Waals surface area contributed by atoms with Gasteiger partial charge in [-0.1, -0.05) is 27.3 Å². The molecule has 15 heavy (non-hydrogen) atoms. The summed E-state index contributed by atoms with van der Waals surface area (Å²) in [7, 11) is 1.34. The molecule has 1 atom stereocenters. The fraction of sp³-hybridized carbons (Fsp3) is 0.300. The first-order valence-corrected chi connectivity index (χ1v) is 7.22. The predicted octanol–water partition coefficient (Wildman–Crippen LogP) is 3.75. The molecule has 0 N–H and O–H groups in total. The van der Waals surface area contributed by atoms with Gasteiger partial charge in [-0.05, 0) is 18.8 Å². The van der Waals surface area contributed by atoms with Gasteiger partial charge < -0.3 is 0 Å². The summed E-state index contributed by atoms with van der Waals surface area (Å²) in [5.74, 6) is 2.18. The molecule has 0 aromatic heterocycles. The first kappa shape index (κ1) is 11.2. The summed E-state index contributed by atoms with van der Waals surface area (Å²) in [4.78, 5) is 0. The predicted molar refractivity (Wildman–Crippen MR) is 75.4 cm³/mol. The maximum Gasteiger partial charge on any atom is 0.135 e. The molecule has 2 heterocycles. The van der Waals surface area contributed by atoms with Gasteiger partial charge in [0.1, 0.15) is 10.1 Å². The summed E-state index contributed by atoms with van der Waals surface area (Å²) in [6.07, 6.45) is 6.49. The second-order valence-electron chi connectivity index (χ2n) is 3.21. The molecule has 1 unspecified atom stereocenters. The maximum atomic E-state index is 4.42. The molecule has 0 bridgehead atoms. The van der Waals surface area contributed by atoms with Crippen LogP contribution >= 0.6 is 32.1 Å². The molecule has 0 aromatic rings. The standard InChI is InChI=1S/C10H11N2PS2/c1-7-3-4-9(5-6-13-7)10-12-14-8(2)11-15-10/h3-7H,1-2H3. The van der Waals surface area contributed by atoms with Gasteiger partial charge in [0.15, 0.2) is 0 Å². The van der Waals surface area contributed by atoms with E-state index in [1.807, 2.05) is 6.92 Å². The van der Waals surface area contributed by atoms with E-state index in [1.165, 1.54) is 37.7 Å². The van der Waals surface area contributed by atoms with Gasteiger partial charge >= 0.3 is 0 Å². The molecular weight excluding hydrogens is 243 g/mol. The Morgan fingerprint density at radius 2 is 2.20 bits per heavy atom. The van der Waals surface area contributed by atoms with E-state index >= 15 is 0 Å². The second kappa shape index (κ2) is 5.15. The first-order chi connectivity index (χ1) is 7.25. The lowest BCUT2D eigenvalue weighted by atomic mass is 10.2. The van der Waals surface area contributed by atoms with Crippen LogP contribution in [0.15, 0.2) is 32.6 Å². The van der Waals surface area contributed by atoms with Gasteiger partial charge in [-0.15, -0.1) is 0 Å². The lowest BCUT2D eigenvalue weighted by Crippen LogP contribution is -1.99. The average molecular weight is 254 g/mol. The normalized spacial score (nSPS) is 26.5. The molecule has 2 aliphatic rings. The smallest absolute Gasteiger partial charge is 0.135 e. The molecule has 2 aliphatic heterocycles. The lowest BCUT2D eigenvalue weighted by Gasteiger charge is -2.07. The average Bonchev–Trinajstić information content (AvgIpc) is 2.44. The Bertz CT molecular complexity index is 408. The Balaban J connectivity index is 2.16. The third-order valence-electron chi connectivity index (χ3n) is 1.90. The van der Waals surface area contributed by atoms with Crippen molar-refractivity contribution in [3.63, 3.8) is 0 Å². The fourth-order valence-electron chi connectivity index (χ4n) is 1.10. The molecule has 0 fully saturated rings. The van der Waals surface area contributed by atoms with Crippen molar-refractivity contribution in [3.05, 3.63) is 23.8 Å². The topological polar surface area (TPSA) is 24.7 Å². The molecule has 0 saturated carbocycles. The Labute approximate surface area is 100 Å². The third kappa shape index (κ3) is 3.07. The zero-order chi connectivity index (χ0) is 10.7. The molecule has 0 saturated heterocycles. The van der Waals surface area contributed by atoms with Gasteiger partial charge in [0, 0.05) is 35.1 Å². The van der Waals surface area contributed by atoms with Crippen molar-refractivity contribution in [2.45, 2.75) is 19.5 Å². The minimum absolute atomic E-state index is 0.589. The molecule has 2 rings (SSSR count). The van der Waals surface area contributed by atoms with E-state index in [0.717, 1.165) is 10.1 Å². The van der Waals surface area contributed by atoms with Crippen LogP contribution in [0.25, 0.3) is 0 Å². The number of nitrogens with zero attached hydrogens (tertiary/aromatic N) is 2. The Morgan fingerprint density at radius 3 is 2.93 bits per heavy atom. The summed E-state index contributed by atoms with van der Waals surface area (Å²) in [5.41, 5.74) is 1.76. The number of hydrogen-bond donors (Lipinski definition) is 0. The van der Waals surface area contributed by atoms with E-state index in [2.05, 4.69) is 39.7 Å². The molecule has 0 amide bonds. The van der Waals surface area contributed by atoms with Crippen molar-refractivity contribution in [1.82, 2.24) is 0 Å². The summed E-state index contributed by atoms with van der Waals surface area (Å²) >= 11 is 2.92. The Morgan fingerprint density at radius 1 is 1.33 bits per heavy atom. The number of allylic oxidation sites excluding steroid dienone is 3. The van der Waals surface area contributed by atoms with E-state index in [9.17, 15) is 0 Å². The largest absolute Gasteiger partial charge is 0.206 e. The van der Waals surface area contributed by atoms with E-state index in [1.54, 1.807) is 0 Å². The van der Waals surface area contributed by atoms with Crippen molar-refractivity contribution < 1.29 is 0 Å². The Hall–Kier alpha value is -0.310. The summed E-state index contributed by atoms with van der Waals surface area (Å²) in [6.45, 7) is 4.18. The van der Waals surface area contributed by atoms with Crippen LogP contribution in [-0.2, 0) is 0 Å². The van der Waals surface area contributed by atoms with Crippen LogP contribution in [-0.4, -0.2) is 21.5 Å². The third-order valence-corrected chi connectivity index (χ3v) is 4.59. The van der Waals surface area contributed by atoms with Gasteiger partial charge in [-0.2, -0.15) is 0 Å². The molecule has 0 aliphatic carbocycles. The van der Waals surface area contributed by atoms with Crippen LogP contribution in [0.5, 0.6) is 0 Å². The highest BCUT2D eigenvalue weighted by Gasteiger charge is 2.11. The molecule has 0 spiro atoms.